The fraction of sp³-hybridized carbons (Fsp3) is 0.412. The molecule has 2 aromatic rings. The number of aliphatic imine (C=N–C) groups is 1. The molecule has 0 saturated heterocycles. The summed E-state index contributed by atoms with van der Waals surface area (Å²) in [5, 5.41) is 7.58. The number of thiazole rings is 1. The summed E-state index contributed by atoms with van der Waals surface area (Å²) in [6.45, 7) is 3.58. The molecule has 8 heteroatoms. The average Bonchev–Trinajstić information content (AvgIpc) is 3.07. The van der Waals surface area contributed by atoms with Crippen LogP contribution in [0.5, 0.6) is 0 Å². The van der Waals surface area contributed by atoms with Crippen molar-refractivity contribution in [2.24, 2.45) is 4.99 Å². The maximum absolute atomic E-state index is 13.5. The maximum atomic E-state index is 13.5. The molecule has 0 radical (unpaired) electrons. The number of aromatic nitrogens is 1. The van der Waals surface area contributed by atoms with E-state index in [0.717, 1.165) is 35.2 Å². The van der Waals surface area contributed by atoms with Crippen molar-refractivity contribution >= 4 is 53.0 Å². The Morgan fingerprint density at radius 3 is 2.80 bits per heavy atom. The Kier molecular flexibility index (Phi) is 11.1. The van der Waals surface area contributed by atoms with Gasteiger partial charge in [-0.2, -0.15) is 11.8 Å². The Hall–Kier alpha value is -0.870. The van der Waals surface area contributed by atoms with E-state index in [1.54, 1.807) is 36.2 Å². The maximum Gasteiger partial charge on any atom is 0.191 e. The molecule has 138 valence electrons. The Balaban J connectivity index is 0.00000312. The Labute approximate surface area is 174 Å². The molecule has 25 heavy (non-hydrogen) atoms. The average molecular weight is 494 g/mol. The topological polar surface area (TPSA) is 49.3 Å². The fourth-order valence-electron chi connectivity index (χ4n) is 2.01. The molecular weight excluding hydrogens is 470 g/mol. The molecule has 0 amide bonds. The van der Waals surface area contributed by atoms with Crippen LogP contribution in [0.25, 0.3) is 0 Å². The monoisotopic (exact) mass is 494 g/mol. The van der Waals surface area contributed by atoms with Gasteiger partial charge in [0.05, 0.1) is 6.54 Å². The van der Waals surface area contributed by atoms with Crippen molar-refractivity contribution in [1.29, 1.82) is 0 Å². The van der Waals surface area contributed by atoms with Crippen molar-refractivity contribution in [1.82, 2.24) is 15.6 Å². The molecule has 0 aliphatic carbocycles. The molecular formula is C17H24FIN4S2. The van der Waals surface area contributed by atoms with E-state index in [-0.39, 0.29) is 29.8 Å². The molecule has 1 aromatic carbocycles. The van der Waals surface area contributed by atoms with E-state index in [2.05, 4.69) is 27.5 Å². The second kappa shape index (κ2) is 12.5. The molecule has 0 atom stereocenters. The molecule has 0 aliphatic rings. The summed E-state index contributed by atoms with van der Waals surface area (Å²) in [5.41, 5.74) is 0.750. The number of benzene rings is 1. The summed E-state index contributed by atoms with van der Waals surface area (Å²) in [4.78, 5) is 9.87. The standard InChI is InChI=1S/C17H23FN4S2.HI/c1-3-14-10-21-16(24-14)11-22-17(19-2)20-8-9-23-12-13-6-4-5-7-15(13)18;/h4-7,10H,3,8-9,11-12H2,1-2H3,(H2,19,20,22);1H. The van der Waals surface area contributed by atoms with Gasteiger partial charge in [0.1, 0.15) is 10.8 Å². The minimum absolute atomic E-state index is 0. The summed E-state index contributed by atoms with van der Waals surface area (Å²) in [5.74, 6) is 2.19. The third kappa shape index (κ3) is 7.91. The number of aryl methyl sites for hydroxylation is 1. The van der Waals surface area contributed by atoms with E-state index in [1.807, 2.05) is 18.3 Å². The molecule has 0 aliphatic heterocycles. The normalized spacial score (nSPS) is 11.1. The molecule has 2 rings (SSSR count). The van der Waals surface area contributed by atoms with Crippen LogP contribution >= 0.6 is 47.1 Å². The van der Waals surface area contributed by atoms with Gasteiger partial charge in [0.2, 0.25) is 0 Å². The van der Waals surface area contributed by atoms with Crippen LogP contribution in [0.1, 0.15) is 22.4 Å². The van der Waals surface area contributed by atoms with Crippen LogP contribution in [0.4, 0.5) is 4.39 Å². The number of halogens is 2. The highest BCUT2D eigenvalue weighted by Gasteiger charge is 2.03. The Morgan fingerprint density at radius 2 is 2.12 bits per heavy atom. The minimum Gasteiger partial charge on any atom is -0.356 e. The zero-order valence-electron chi connectivity index (χ0n) is 14.4. The van der Waals surface area contributed by atoms with Crippen LogP contribution in [-0.2, 0) is 18.7 Å². The Morgan fingerprint density at radius 1 is 1.32 bits per heavy atom. The first-order valence-corrected chi connectivity index (χ1v) is 9.89. The molecule has 0 bridgehead atoms. The van der Waals surface area contributed by atoms with Gasteiger partial charge >= 0.3 is 0 Å². The van der Waals surface area contributed by atoms with Gasteiger partial charge in [-0.15, -0.1) is 35.3 Å². The first kappa shape index (κ1) is 22.2. The van der Waals surface area contributed by atoms with Crippen molar-refractivity contribution in [3.63, 3.8) is 0 Å². The predicted molar refractivity (Wildman–Crippen MR) is 118 cm³/mol. The number of hydrogen-bond acceptors (Lipinski definition) is 4. The van der Waals surface area contributed by atoms with E-state index in [0.29, 0.717) is 12.3 Å². The molecule has 1 heterocycles. The number of rotatable bonds is 8. The summed E-state index contributed by atoms with van der Waals surface area (Å²) in [7, 11) is 1.75. The summed E-state index contributed by atoms with van der Waals surface area (Å²) in [6.07, 6.45) is 2.95. The third-order valence-electron chi connectivity index (χ3n) is 3.33. The first-order valence-electron chi connectivity index (χ1n) is 7.92. The van der Waals surface area contributed by atoms with Crippen molar-refractivity contribution in [3.05, 3.63) is 51.7 Å². The molecule has 0 unspecified atom stereocenters. The lowest BCUT2D eigenvalue weighted by Crippen LogP contribution is -2.37. The van der Waals surface area contributed by atoms with E-state index in [9.17, 15) is 4.39 Å². The lowest BCUT2D eigenvalue weighted by molar-refractivity contribution is 0.617. The number of nitrogens with one attached hydrogen (secondary N) is 2. The van der Waals surface area contributed by atoms with Gasteiger partial charge in [0.15, 0.2) is 5.96 Å². The fourth-order valence-corrected chi connectivity index (χ4v) is 3.66. The van der Waals surface area contributed by atoms with Crippen LogP contribution in [0.2, 0.25) is 0 Å². The third-order valence-corrected chi connectivity index (χ3v) is 5.48. The van der Waals surface area contributed by atoms with Gasteiger partial charge in [-0.25, -0.2) is 9.37 Å². The number of thioether (sulfide) groups is 1. The summed E-state index contributed by atoms with van der Waals surface area (Å²) >= 11 is 3.42. The van der Waals surface area contributed by atoms with Crippen LogP contribution in [0.15, 0.2) is 35.5 Å². The van der Waals surface area contributed by atoms with Crippen LogP contribution < -0.4 is 10.6 Å². The number of nitrogens with zero attached hydrogens (tertiary/aromatic N) is 2. The zero-order chi connectivity index (χ0) is 17.2. The Bertz CT molecular complexity index is 664. The van der Waals surface area contributed by atoms with Gasteiger partial charge in [-0.3, -0.25) is 4.99 Å². The van der Waals surface area contributed by atoms with Crippen LogP contribution in [0.3, 0.4) is 0 Å². The highest BCUT2D eigenvalue weighted by Crippen LogP contribution is 2.15. The molecule has 0 spiro atoms. The van der Waals surface area contributed by atoms with Gasteiger partial charge < -0.3 is 10.6 Å². The largest absolute Gasteiger partial charge is 0.356 e. The van der Waals surface area contributed by atoms with Crippen LogP contribution in [0, 0.1) is 5.82 Å². The van der Waals surface area contributed by atoms with E-state index >= 15 is 0 Å². The zero-order valence-corrected chi connectivity index (χ0v) is 18.4. The predicted octanol–water partition coefficient (Wildman–Crippen LogP) is 4.06. The van der Waals surface area contributed by atoms with Crippen molar-refractivity contribution in [3.8, 4) is 0 Å². The second-order valence-electron chi connectivity index (χ2n) is 5.07. The summed E-state index contributed by atoms with van der Waals surface area (Å²) < 4.78 is 13.5. The van der Waals surface area contributed by atoms with Gasteiger partial charge in [-0.05, 0) is 18.1 Å². The molecule has 1 aromatic heterocycles. The van der Waals surface area contributed by atoms with Gasteiger partial charge in [-0.1, -0.05) is 25.1 Å². The molecule has 0 fully saturated rings. The molecule has 0 saturated carbocycles. The SMILES string of the molecule is CCc1cnc(CNC(=NC)NCCSCc2ccccc2F)s1.I. The first-order chi connectivity index (χ1) is 11.7. The minimum atomic E-state index is -0.134. The highest BCUT2D eigenvalue weighted by atomic mass is 127. The molecule has 4 nitrogen and oxygen atoms in total. The number of hydrogen-bond donors (Lipinski definition) is 2. The smallest absolute Gasteiger partial charge is 0.191 e. The lowest BCUT2D eigenvalue weighted by Gasteiger charge is -2.10. The van der Waals surface area contributed by atoms with Gasteiger partial charge in [0.25, 0.3) is 0 Å². The van der Waals surface area contributed by atoms with E-state index < -0.39 is 0 Å². The number of guanidine groups is 1. The van der Waals surface area contributed by atoms with E-state index in [1.165, 1.54) is 10.9 Å². The highest BCUT2D eigenvalue weighted by molar-refractivity contribution is 14.0. The van der Waals surface area contributed by atoms with Crippen LogP contribution in [-0.4, -0.2) is 30.3 Å². The van der Waals surface area contributed by atoms with Gasteiger partial charge in [0, 0.05) is 36.2 Å². The van der Waals surface area contributed by atoms with E-state index in [4.69, 9.17) is 0 Å². The molecule has 2 N–H and O–H groups in total. The lowest BCUT2D eigenvalue weighted by atomic mass is 10.2. The van der Waals surface area contributed by atoms with Crippen molar-refractivity contribution < 1.29 is 4.39 Å². The van der Waals surface area contributed by atoms with Crippen molar-refractivity contribution in [2.75, 3.05) is 19.3 Å². The summed E-state index contributed by atoms with van der Waals surface area (Å²) in [6, 6.07) is 6.91. The second-order valence-corrected chi connectivity index (χ2v) is 7.38. The quantitative estimate of drug-likeness (QED) is 0.252. The van der Waals surface area contributed by atoms with Crippen molar-refractivity contribution in [2.45, 2.75) is 25.6 Å².